The molecule has 2 aromatic carbocycles. The highest BCUT2D eigenvalue weighted by atomic mass is 35.5. The van der Waals surface area contributed by atoms with Gasteiger partial charge >= 0.3 is 7.69 Å². The lowest BCUT2D eigenvalue weighted by Gasteiger charge is -2.00. The largest absolute Gasteiger partial charge is 0.432 e. The van der Waals surface area contributed by atoms with E-state index >= 15 is 0 Å². The van der Waals surface area contributed by atoms with Crippen LogP contribution >= 0.6 is 11.6 Å². The van der Waals surface area contributed by atoms with Crippen molar-refractivity contribution >= 4 is 19.3 Å². The maximum Gasteiger partial charge on any atom is 0.432 e. The lowest BCUT2D eigenvalue weighted by atomic mass is 10.1. The van der Waals surface area contributed by atoms with Gasteiger partial charge in [0.1, 0.15) is 0 Å². The van der Waals surface area contributed by atoms with Crippen LogP contribution in [-0.2, 0) is 0 Å². The molecular formula is C12H12BClO2. The van der Waals surface area contributed by atoms with E-state index in [9.17, 15) is 0 Å². The minimum absolute atomic E-state index is 0.750. The van der Waals surface area contributed by atoms with E-state index in [1.165, 1.54) is 11.1 Å². The van der Waals surface area contributed by atoms with Crippen molar-refractivity contribution in [2.45, 2.75) is 0 Å². The minimum Gasteiger partial charge on any atom is -0.430 e. The molecule has 0 saturated carbocycles. The monoisotopic (exact) mass is 234 g/mol. The zero-order chi connectivity index (χ0) is 11.8. The lowest BCUT2D eigenvalue weighted by Crippen LogP contribution is -1.75. The summed E-state index contributed by atoms with van der Waals surface area (Å²) in [5, 5.41) is 15.0. The first-order valence-corrected chi connectivity index (χ1v) is 5.18. The Labute approximate surface area is 100 Å². The van der Waals surface area contributed by atoms with Gasteiger partial charge in [-0.2, -0.15) is 0 Å². The van der Waals surface area contributed by atoms with Gasteiger partial charge in [0.15, 0.2) is 0 Å². The third-order valence-corrected chi connectivity index (χ3v) is 2.20. The summed E-state index contributed by atoms with van der Waals surface area (Å²) in [6.45, 7) is 0. The Balaban J connectivity index is 0.000000386. The van der Waals surface area contributed by atoms with E-state index in [-0.39, 0.29) is 0 Å². The normalized spacial score (nSPS) is 8.94. The fourth-order valence-electron chi connectivity index (χ4n) is 1.27. The number of halogens is 1. The maximum absolute atomic E-state index is 7.12. The summed E-state index contributed by atoms with van der Waals surface area (Å²) in [4.78, 5) is 0. The summed E-state index contributed by atoms with van der Waals surface area (Å²) in [6.07, 6.45) is 0. The van der Waals surface area contributed by atoms with Crippen molar-refractivity contribution in [3.8, 4) is 11.1 Å². The molecule has 0 radical (unpaired) electrons. The number of hydrogen-bond donors (Lipinski definition) is 2. The molecule has 0 saturated heterocycles. The molecule has 0 unspecified atom stereocenters. The molecule has 0 aromatic heterocycles. The van der Waals surface area contributed by atoms with Crippen molar-refractivity contribution in [3.63, 3.8) is 0 Å². The highest BCUT2D eigenvalue weighted by Crippen LogP contribution is 2.20. The van der Waals surface area contributed by atoms with Crippen LogP contribution in [0.1, 0.15) is 0 Å². The number of benzene rings is 2. The van der Waals surface area contributed by atoms with Crippen LogP contribution in [0.15, 0.2) is 54.6 Å². The van der Waals surface area contributed by atoms with Gasteiger partial charge < -0.3 is 10.0 Å². The van der Waals surface area contributed by atoms with Gasteiger partial charge in [-0.25, -0.2) is 0 Å². The average Bonchev–Trinajstić information content (AvgIpc) is 2.32. The van der Waals surface area contributed by atoms with Crippen LogP contribution in [0.4, 0.5) is 0 Å². The van der Waals surface area contributed by atoms with E-state index in [0.29, 0.717) is 0 Å². The molecular weight excluding hydrogens is 222 g/mol. The predicted molar refractivity (Wildman–Crippen MR) is 68.5 cm³/mol. The van der Waals surface area contributed by atoms with E-state index in [1.54, 1.807) is 0 Å². The fourth-order valence-corrected chi connectivity index (χ4v) is 1.40. The van der Waals surface area contributed by atoms with Crippen molar-refractivity contribution in [2.24, 2.45) is 0 Å². The number of rotatable bonds is 1. The maximum atomic E-state index is 7.12. The van der Waals surface area contributed by atoms with Crippen LogP contribution in [0.2, 0.25) is 5.02 Å². The van der Waals surface area contributed by atoms with E-state index in [2.05, 4.69) is 12.1 Å². The van der Waals surface area contributed by atoms with Crippen LogP contribution in [0.25, 0.3) is 11.1 Å². The summed E-state index contributed by atoms with van der Waals surface area (Å²) >= 11 is 5.80. The summed E-state index contributed by atoms with van der Waals surface area (Å²) in [5.74, 6) is 0. The van der Waals surface area contributed by atoms with Gasteiger partial charge in [0.25, 0.3) is 0 Å². The van der Waals surface area contributed by atoms with Gasteiger partial charge in [-0.05, 0) is 23.3 Å². The molecule has 0 amide bonds. The Hall–Kier alpha value is -1.29. The van der Waals surface area contributed by atoms with Gasteiger partial charge in [-0.3, -0.25) is 0 Å². The molecule has 82 valence electrons. The standard InChI is InChI=1S/C12H9Cl.BH3O2/c13-12-8-6-11(7-9-12)10-4-2-1-3-5-10;2-1-3/h1-9H;1-3H. The lowest BCUT2D eigenvalue weighted by molar-refractivity contribution is 0.448. The summed E-state index contributed by atoms with van der Waals surface area (Å²) in [7, 11) is -0.750. The van der Waals surface area contributed by atoms with Crippen LogP contribution < -0.4 is 0 Å². The molecule has 4 heteroatoms. The molecule has 0 spiro atoms. The molecule has 2 N–H and O–H groups in total. The predicted octanol–water partition coefficient (Wildman–Crippen LogP) is 2.24. The highest BCUT2D eigenvalue weighted by molar-refractivity contribution is 6.30. The summed E-state index contributed by atoms with van der Waals surface area (Å²) < 4.78 is 0. The van der Waals surface area contributed by atoms with E-state index in [0.717, 1.165) is 5.02 Å². The molecule has 16 heavy (non-hydrogen) atoms. The third kappa shape index (κ3) is 4.07. The van der Waals surface area contributed by atoms with Crippen molar-refractivity contribution in [1.82, 2.24) is 0 Å². The molecule has 2 nitrogen and oxygen atoms in total. The van der Waals surface area contributed by atoms with E-state index in [1.807, 2.05) is 42.5 Å². The number of hydrogen-bond acceptors (Lipinski definition) is 2. The van der Waals surface area contributed by atoms with Crippen LogP contribution in [0.3, 0.4) is 0 Å². The Morgan fingerprint density at radius 3 is 1.69 bits per heavy atom. The molecule has 2 rings (SSSR count). The SMILES string of the molecule is Clc1ccc(-c2ccccc2)cc1.OBO. The first-order chi connectivity index (χ1) is 7.77. The molecule has 2 aromatic rings. The Morgan fingerprint density at radius 1 is 0.750 bits per heavy atom. The second-order valence-corrected chi connectivity index (χ2v) is 3.45. The van der Waals surface area contributed by atoms with Gasteiger partial charge in [0.05, 0.1) is 0 Å². The molecule has 0 bridgehead atoms. The first-order valence-electron chi connectivity index (χ1n) is 4.80. The highest BCUT2D eigenvalue weighted by Gasteiger charge is 1.94. The second kappa shape index (κ2) is 7.07. The van der Waals surface area contributed by atoms with Gasteiger partial charge in [0, 0.05) is 5.02 Å². The van der Waals surface area contributed by atoms with E-state index in [4.69, 9.17) is 21.6 Å². The Kier molecular flexibility index (Phi) is 5.64. The quantitative estimate of drug-likeness (QED) is 0.743. The van der Waals surface area contributed by atoms with E-state index < -0.39 is 7.69 Å². The zero-order valence-electron chi connectivity index (χ0n) is 8.68. The molecule has 0 atom stereocenters. The zero-order valence-corrected chi connectivity index (χ0v) is 9.43. The summed E-state index contributed by atoms with van der Waals surface area (Å²) in [6, 6.07) is 18.1. The topological polar surface area (TPSA) is 40.5 Å². The molecule has 0 aliphatic heterocycles. The van der Waals surface area contributed by atoms with Crippen molar-refractivity contribution in [3.05, 3.63) is 59.6 Å². The molecule has 0 aliphatic rings. The van der Waals surface area contributed by atoms with Gasteiger partial charge in [-0.1, -0.05) is 54.1 Å². The molecule has 0 heterocycles. The fraction of sp³-hybridized carbons (Fsp3) is 0. The van der Waals surface area contributed by atoms with Crippen molar-refractivity contribution in [1.29, 1.82) is 0 Å². The average molecular weight is 234 g/mol. The third-order valence-electron chi connectivity index (χ3n) is 1.95. The molecule has 0 aliphatic carbocycles. The Bertz CT molecular complexity index is 403. The van der Waals surface area contributed by atoms with Gasteiger partial charge in [0.2, 0.25) is 0 Å². The van der Waals surface area contributed by atoms with Crippen LogP contribution in [0, 0.1) is 0 Å². The van der Waals surface area contributed by atoms with Crippen molar-refractivity contribution in [2.75, 3.05) is 0 Å². The van der Waals surface area contributed by atoms with Crippen LogP contribution in [-0.4, -0.2) is 17.7 Å². The Morgan fingerprint density at radius 2 is 1.19 bits per heavy atom. The first kappa shape index (κ1) is 12.8. The minimum atomic E-state index is -0.750. The second-order valence-electron chi connectivity index (χ2n) is 3.01. The molecule has 0 fully saturated rings. The summed E-state index contributed by atoms with van der Waals surface area (Å²) in [5.41, 5.74) is 2.42. The van der Waals surface area contributed by atoms with Crippen molar-refractivity contribution < 1.29 is 10.0 Å². The van der Waals surface area contributed by atoms with Crippen LogP contribution in [0.5, 0.6) is 0 Å². The smallest absolute Gasteiger partial charge is 0.430 e. The van der Waals surface area contributed by atoms with Gasteiger partial charge in [-0.15, -0.1) is 0 Å².